The second-order valence-corrected chi connectivity index (χ2v) is 4.22. The highest BCUT2D eigenvalue weighted by Crippen LogP contribution is 2.14. The van der Waals surface area contributed by atoms with Crippen LogP contribution >= 0.6 is 0 Å². The van der Waals surface area contributed by atoms with Crippen LogP contribution in [0.25, 0.3) is 0 Å². The molecular weight excluding hydrogens is 178 g/mol. The summed E-state index contributed by atoms with van der Waals surface area (Å²) in [6.45, 7) is 5.95. The Balaban J connectivity index is 3.64. The van der Waals surface area contributed by atoms with Gasteiger partial charge < -0.3 is 15.2 Å². The van der Waals surface area contributed by atoms with Crippen molar-refractivity contribution in [1.82, 2.24) is 0 Å². The molecule has 0 bridgehead atoms. The van der Waals surface area contributed by atoms with Gasteiger partial charge in [-0.15, -0.1) is 0 Å². The molecule has 3 unspecified atom stereocenters. The van der Waals surface area contributed by atoms with E-state index < -0.39 is 0 Å². The van der Waals surface area contributed by atoms with Crippen LogP contribution in [0.1, 0.15) is 26.7 Å². The number of ether oxygens (including phenoxy) is 2. The van der Waals surface area contributed by atoms with Gasteiger partial charge in [0.25, 0.3) is 0 Å². The Bertz CT molecular complexity index is 130. The molecule has 0 radical (unpaired) electrons. The first-order chi connectivity index (χ1) is 6.61. The van der Waals surface area contributed by atoms with Crippen molar-refractivity contribution in [1.29, 1.82) is 0 Å². The second-order valence-electron chi connectivity index (χ2n) is 4.22. The molecule has 3 nitrogen and oxygen atoms in total. The number of hydrogen-bond donors (Lipinski definition) is 1. The third-order valence-corrected chi connectivity index (χ3v) is 2.63. The van der Waals surface area contributed by atoms with Crippen LogP contribution in [0.5, 0.6) is 0 Å². The van der Waals surface area contributed by atoms with E-state index >= 15 is 0 Å². The van der Waals surface area contributed by atoms with Crippen LogP contribution in [0.3, 0.4) is 0 Å². The topological polar surface area (TPSA) is 44.5 Å². The standard InChI is InChI=1S/C11H25NO2/c1-9(8-14-4)7-11(12)10(2)5-6-13-3/h9-11H,5-8,12H2,1-4H3. The van der Waals surface area contributed by atoms with E-state index in [2.05, 4.69) is 13.8 Å². The zero-order valence-electron chi connectivity index (χ0n) is 9.95. The largest absolute Gasteiger partial charge is 0.385 e. The van der Waals surface area contributed by atoms with E-state index in [0.29, 0.717) is 11.8 Å². The van der Waals surface area contributed by atoms with Gasteiger partial charge >= 0.3 is 0 Å². The number of nitrogens with two attached hydrogens (primary N) is 1. The predicted octanol–water partition coefficient (Wildman–Crippen LogP) is 1.66. The van der Waals surface area contributed by atoms with Gasteiger partial charge in [-0.2, -0.15) is 0 Å². The SMILES string of the molecule is COCCC(C)C(N)CC(C)COC. The Hall–Kier alpha value is -0.120. The minimum Gasteiger partial charge on any atom is -0.385 e. The Morgan fingerprint density at radius 2 is 1.79 bits per heavy atom. The van der Waals surface area contributed by atoms with Crippen molar-refractivity contribution < 1.29 is 9.47 Å². The summed E-state index contributed by atoms with van der Waals surface area (Å²) in [7, 11) is 3.46. The summed E-state index contributed by atoms with van der Waals surface area (Å²) >= 11 is 0. The van der Waals surface area contributed by atoms with Gasteiger partial charge in [0.05, 0.1) is 0 Å². The zero-order chi connectivity index (χ0) is 11.0. The molecule has 0 aliphatic rings. The first-order valence-corrected chi connectivity index (χ1v) is 5.35. The van der Waals surface area contributed by atoms with E-state index in [1.165, 1.54) is 0 Å². The van der Waals surface area contributed by atoms with Gasteiger partial charge in [0.15, 0.2) is 0 Å². The smallest absolute Gasteiger partial charge is 0.0488 e. The summed E-state index contributed by atoms with van der Waals surface area (Å²) < 4.78 is 10.1. The molecule has 0 aliphatic heterocycles. The molecule has 0 saturated heterocycles. The molecule has 0 saturated carbocycles. The fourth-order valence-corrected chi connectivity index (χ4v) is 1.57. The van der Waals surface area contributed by atoms with Crippen molar-refractivity contribution in [2.24, 2.45) is 17.6 Å². The molecule has 2 N–H and O–H groups in total. The van der Waals surface area contributed by atoms with Crippen LogP contribution in [0.2, 0.25) is 0 Å². The lowest BCUT2D eigenvalue weighted by molar-refractivity contribution is 0.140. The first kappa shape index (κ1) is 13.9. The van der Waals surface area contributed by atoms with Crippen molar-refractivity contribution in [3.63, 3.8) is 0 Å². The molecule has 0 aromatic carbocycles. The fourth-order valence-electron chi connectivity index (χ4n) is 1.57. The molecule has 0 heterocycles. The molecule has 0 spiro atoms. The minimum absolute atomic E-state index is 0.260. The summed E-state index contributed by atoms with van der Waals surface area (Å²) in [6, 6.07) is 0.260. The summed E-state index contributed by atoms with van der Waals surface area (Å²) in [5.41, 5.74) is 6.08. The lowest BCUT2D eigenvalue weighted by Crippen LogP contribution is -2.31. The molecule has 0 aromatic rings. The molecular formula is C11H25NO2. The number of hydrogen-bond acceptors (Lipinski definition) is 3. The van der Waals surface area contributed by atoms with Crippen LogP contribution < -0.4 is 5.73 Å². The molecule has 3 heteroatoms. The van der Waals surface area contributed by atoms with Gasteiger partial charge in [-0.05, 0) is 24.7 Å². The van der Waals surface area contributed by atoms with Gasteiger partial charge in [0.2, 0.25) is 0 Å². The maximum Gasteiger partial charge on any atom is 0.0488 e. The van der Waals surface area contributed by atoms with Crippen LogP contribution in [-0.4, -0.2) is 33.5 Å². The molecule has 14 heavy (non-hydrogen) atoms. The Morgan fingerprint density at radius 1 is 1.14 bits per heavy atom. The quantitative estimate of drug-likeness (QED) is 0.652. The Labute approximate surface area is 88.0 Å². The van der Waals surface area contributed by atoms with E-state index in [4.69, 9.17) is 15.2 Å². The molecule has 3 atom stereocenters. The highest BCUT2D eigenvalue weighted by Gasteiger charge is 2.15. The van der Waals surface area contributed by atoms with E-state index in [1.807, 2.05) is 0 Å². The number of methoxy groups -OCH3 is 2. The van der Waals surface area contributed by atoms with Gasteiger partial charge in [0.1, 0.15) is 0 Å². The summed E-state index contributed by atoms with van der Waals surface area (Å²) in [6.07, 6.45) is 2.07. The highest BCUT2D eigenvalue weighted by atomic mass is 16.5. The monoisotopic (exact) mass is 203 g/mol. The van der Waals surface area contributed by atoms with Crippen LogP contribution in [0.4, 0.5) is 0 Å². The summed E-state index contributed by atoms with van der Waals surface area (Å²) in [5.74, 6) is 1.06. The Kier molecular flexibility index (Phi) is 8.14. The van der Waals surface area contributed by atoms with Crippen molar-refractivity contribution in [3.05, 3.63) is 0 Å². The highest BCUT2D eigenvalue weighted by molar-refractivity contribution is 4.71. The molecule has 0 aromatic heterocycles. The average molecular weight is 203 g/mol. The predicted molar refractivity (Wildman–Crippen MR) is 59.3 cm³/mol. The molecule has 0 aliphatic carbocycles. The molecule has 0 amide bonds. The van der Waals surface area contributed by atoms with E-state index in [9.17, 15) is 0 Å². The first-order valence-electron chi connectivity index (χ1n) is 5.35. The minimum atomic E-state index is 0.260. The van der Waals surface area contributed by atoms with Gasteiger partial charge in [0, 0.05) is 33.5 Å². The van der Waals surface area contributed by atoms with E-state index in [1.54, 1.807) is 14.2 Å². The van der Waals surface area contributed by atoms with Crippen LogP contribution in [0, 0.1) is 11.8 Å². The van der Waals surface area contributed by atoms with E-state index in [-0.39, 0.29) is 6.04 Å². The molecule has 0 fully saturated rings. The van der Waals surface area contributed by atoms with Gasteiger partial charge in [-0.3, -0.25) is 0 Å². The maximum absolute atomic E-state index is 6.08. The van der Waals surface area contributed by atoms with Crippen molar-refractivity contribution >= 4 is 0 Å². The van der Waals surface area contributed by atoms with E-state index in [0.717, 1.165) is 26.1 Å². The third kappa shape index (κ3) is 6.35. The number of rotatable bonds is 8. The molecule has 0 rings (SSSR count). The normalized spacial score (nSPS) is 17.8. The van der Waals surface area contributed by atoms with Crippen molar-refractivity contribution in [2.75, 3.05) is 27.4 Å². The lowest BCUT2D eigenvalue weighted by atomic mass is 9.91. The van der Waals surface area contributed by atoms with Gasteiger partial charge in [-0.1, -0.05) is 13.8 Å². The summed E-state index contributed by atoms with van der Waals surface area (Å²) in [5, 5.41) is 0. The third-order valence-electron chi connectivity index (χ3n) is 2.63. The van der Waals surface area contributed by atoms with Crippen LogP contribution in [-0.2, 0) is 9.47 Å². The Morgan fingerprint density at radius 3 is 2.29 bits per heavy atom. The fraction of sp³-hybridized carbons (Fsp3) is 1.00. The molecule has 86 valence electrons. The van der Waals surface area contributed by atoms with Crippen molar-refractivity contribution in [3.8, 4) is 0 Å². The average Bonchev–Trinajstić information content (AvgIpc) is 2.14. The maximum atomic E-state index is 6.08. The van der Waals surface area contributed by atoms with Crippen LogP contribution in [0.15, 0.2) is 0 Å². The second kappa shape index (κ2) is 8.21. The lowest BCUT2D eigenvalue weighted by Gasteiger charge is -2.22. The van der Waals surface area contributed by atoms with Gasteiger partial charge in [-0.25, -0.2) is 0 Å². The van der Waals surface area contributed by atoms with Crippen molar-refractivity contribution in [2.45, 2.75) is 32.7 Å². The zero-order valence-corrected chi connectivity index (χ0v) is 9.95. The summed E-state index contributed by atoms with van der Waals surface area (Å²) in [4.78, 5) is 0.